The Hall–Kier alpha value is -3.08. The third-order valence-electron chi connectivity index (χ3n) is 3.77. The first-order valence-electron chi connectivity index (χ1n) is 7.80. The molecule has 1 N–H and O–H groups in total. The minimum atomic E-state index is -0.251. The van der Waals surface area contributed by atoms with E-state index in [1.165, 1.54) is 0 Å². The predicted molar refractivity (Wildman–Crippen MR) is 95.6 cm³/mol. The monoisotopic (exact) mass is 321 g/mol. The zero-order chi connectivity index (χ0) is 16.9. The van der Waals surface area contributed by atoms with Crippen LogP contribution in [-0.2, 0) is 7.05 Å². The van der Waals surface area contributed by atoms with Crippen LogP contribution in [0, 0.1) is 0 Å². The van der Waals surface area contributed by atoms with Gasteiger partial charge in [-0.1, -0.05) is 30.3 Å². The zero-order valence-electron chi connectivity index (χ0n) is 13.7. The van der Waals surface area contributed by atoms with Crippen molar-refractivity contribution in [2.75, 3.05) is 6.61 Å². The van der Waals surface area contributed by atoms with E-state index in [2.05, 4.69) is 10.5 Å². The Kier molecular flexibility index (Phi) is 4.61. The molecular formula is C19H19N3O2. The number of carbonyl (C=O) groups excluding carboxylic acids is 1. The van der Waals surface area contributed by atoms with E-state index < -0.39 is 0 Å². The summed E-state index contributed by atoms with van der Waals surface area (Å²) in [5.41, 5.74) is 4.96. The quantitative estimate of drug-likeness (QED) is 0.579. The van der Waals surface area contributed by atoms with E-state index >= 15 is 0 Å². The average molecular weight is 321 g/mol. The van der Waals surface area contributed by atoms with Gasteiger partial charge in [0.25, 0.3) is 5.91 Å². The van der Waals surface area contributed by atoms with Crippen molar-refractivity contribution in [1.82, 2.24) is 9.99 Å². The van der Waals surface area contributed by atoms with Crippen molar-refractivity contribution in [1.29, 1.82) is 0 Å². The number of rotatable bonds is 5. The second kappa shape index (κ2) is 7.00. The molecule has 0 aliphatic rings. The van der Waals surface area contributed by atoms with Gasteiger partial charge in [0.15, 0.2) is 0 Å². The van der Waals surface area contributed by atoms with E-state index in [-0.39, 0.29) is 5.91 Å². The summed E-state index contributed by atoms with van der Waals surface area (Å²) in [4.78, 5) is 12.4. The minimum Gasteiger partial charge on any atom is -0.493 e. The lowest BCUT2D eigenvalue weighted by Gasteiger charge is -2.06. The third-order valence-corrected chi connectivity index (χ3v) is 3.77. The van der Waals surface area contributed by atoms with E-state index in [1.54, 1.807) is 6.21 Å². The number of hydrogen-bond acceptors (Lipinski definition) is 3. The van der Waals surface area contributed by atoms with E-state index in [9.17, 15) is 4.79 Å². The molecule has 0 radical (unpaired) electrons. The third kappa shape index (κ3) is 3.15. The Labute approximate surface area is 140 Å². The maximum absolute atomic E-state index is 12.4. The molecule has 0 atom stereocenters. The van der Waals surface area contributed by atoms with Crippen LogP contribution in [0.3, 0.4) is 0 Å². The smallest absolute Gasteiger partial charge is 0.287 e. The van der Waals surface area contributed by atoms with Gasteiger partial charge in [-0.25, -0.2) is 5.43 Å². The van der Waals surface area contributed by atoms with Crippen LogP contribution >= 0.6 is 0 Å². The Morgan fingerprint density at radius 3 is 2.75 bits per heavy atom. The molecule has 0 saturated carbocycles. The molecule has 1 heterocycles. The van der Waals surface area contributed by atoms with Crippen molar-refractivity contribution < 1.29 is 9.53 Å². The highest BCUT2D eigenvalue weighted by Gasteiger charge is 2.12. The number of hydrazone groups is 1. The molecule has 24 heavy (non-hydrogen) atoms. The molecule has 5 heteroatoms. The molecule has 0 aliphatic carbocycles. The van der Waals surface area contributed by atoms with E-state index in [0.717, 1.165) is 22.2 Å². The molecule has 0 aliphatic heterocycles. The summed E-state index contributed by atoms with van der Waals surface area (Å²) in [6.45, 7) is 2.50. The number of amides is 1. The number of nitrogens with zero attached hydrogens (tertiary/aromatic N) is 2. The number of hydrogen-bond donors (Lipinski definition) is 1. The summed E-state index contributed by atoms with van der Waals surface area (Å²) in [5, 5.41) is 5.08. The molecular weight excluding hydrogens is 302 g/mol. The molecule has 122 valence electrons. The highest BCUT2D eigenvalue weighted by atomic mass is 16.5. The van der Waals surface area contributed by atoms with E-state index in [0.29, 0.717) is 12.3 Å². The average Bonchev–Trinajstić information content (AvgIpc) is 2.94. The van der Waals surface area contributed by atoms with Gasteiger partial charge in [0, 0.05) is 23.5 Å². The van der Waals surface area contributed by atoms with Crippen LogP contribution in [0.15, 0.2) is 59.7 Å². The van der Waals surface area contributed by atoms with Crippen molar-refractivity contribution in [3.63, 3.8) is 0 Å². The second-order valence-corrected chi connectivity index (χ2v) is 5.32. The van der Waals surface area contributed by atoms with Crippen molar-refractivity contribution in [3.05, 3.63) is 65.9 Å². The standard InChI is InChI=1S/C19H19N3O2/c1-3-24-18-11-7-5-9-15(18)13-20-21-19(23)17-12-14-8-4-6-10-16(14)22(17)2/h4-13H,3H2,1-2H3,(H,21,23)/b20-13+. The molecule has 2 aromatic carbocycles. The van der Waals surface area contributed by atoms with Gasteiger partial charge in [-0.15, -0.1) is 0 Å². The predicted octanol–water partition coefficient (Wildman–Crippen LogP) is 3.34. The maximum atomic E-state index is 12.4. The summed E-state index contributed by atoms with van der Waals surface area (Å²) in [6, 6.07) is 17.3. The lowest BCUT2D eigenvalue weighted by molar-refractivity contribution is 0.0947. The lowest BCUT2D eigenvalue weighted by atomic mass is 10.2. The number of ether oxygens (including phenoxy) is 1. The van der Waals surface area contributed by atoms with Gasteiger partial charge in [-0.2, -0.15) is 5.10 Å². The van der Waals surface area contributed by atoms with Crippen molar-refractivity contribution in [2.24, 2.45) is 12.1 Å². The number of benzene rings is 2. The van der Waals surface area contributed by atoms with E-state index in [1.807, 2.05) is 73.1 Å². The molecule has 3 rings (SSSR count). The highest BCUT2D eigenvalue weighted by Crippen LogP contribution is 2.18. The van der Waals surface area contributed by atoms with Crippen molar-refractivity contribution in [2.45, 2.75) is 6.92 Å². The second-order valence-electron chi connectivity index (χ2n) is 5.32. The van der Waals surface area contributed by atoms with Gasteiger partial charge in [0.1, 0.15) is 11.4 Å². The highest BCUT2D eigenvalue weighted by molar-refractivity contribution is 5.99. The Bertz CT molecular complexity index is 897. The van der Waals surface area contributed by atoms with Gasteiger partial charge >= 0.3 is 0 Å². The number of carbonyl (C=O) groups is 1. The molecule has 3 aromatic rings. The molecule has 0 bridgehead atoms. The van der Waals surface area contributed by atoms with Crippen LogP contribution in [0.4, 0.5) is 0 Å². The molecule has 0 spiro atoms. The Morgan fingerprint density at radius 1 is 1.21 bits per heavy atom. The number of aryl methyl sites for hydroxylation is 1. The molecule has 0 unspecified atom stereocenters. The van der Waals surface area contributed by atoms with Crippen LogP contribution in [-0.4, -0.2) is 23.3 Å². The number of nitrogens with one attached hydrogen (secondary N) is 1. The summed E-state index contributed by atoms with van der Waals surface area (Å²) in [7, 11) is 1.87. The Balaban J connectivity index is 1.76. The van der Waals surface area contributed by atoms with Crippen LogP contribution in [0.2, 0.25) is 0 Å². The maximum Gasteiger partial charge on any atom is 0.287 e. The van der Waals surface area contributed by atoms with Gasteiger partial charge < -0.3 is 9.30 Å². The van der Waals surface area contributed by atoms with Gasteiger partial charge in [-0.3, -0.25) is 4.79 Å². The van der Waals surface area contributed by atoms with Crippen LogP contribution in [0.1, 0.15) is 23.0 Å². The molecule has 1 amide bonds. The Morgan fingerprint density at radius 2 is 1.96 bits per heavy atom. The summed E-state index contributed by atoms with van der Waals surface area (Å²) in [5.74, 6) is 0.487. The summed E-state index contributed by atoms with van der Waals surface area (Å²) < 4.78 is 7.39. The topological polar surface area (TPSA) is 55.6 Å². The minimum absolute atomic E-state index is 0.251. The summed E-state index contributed by atoms with van der Waals surface area (Å²) >= 11 is 0. The molecule has 0 fully saturated rings. The van der Waals surface area contributed by atoms with Crippen LogP contribution in [0.25, 0.3) is 10.9 Å². The fourth-order valence-corrected chi connectivity index (χ4v) is 2.60. The first-order chi connectivity index (χ1) is 11.7. The largest absolute Gasteiger partial charge is 0.493 e. The first-order valence-corrected chi connectivity index (χ1v) is 7.80. The van der Waals surface area contributed by atoms with E-state index in [4.69, 9.17) is 4.74 Å². The zero-order valence-corrected chi connectivity index (χ0v) is 13.7. The fraction of sp³-hybridized carbons (Fsp3) is 0.158. The molecule has 0 saturated heterocycles. The molecule has 1 aromatic heterocycles. The molecule has 5 nitrogen and oxygen atoms in total. The van der Waals surface area contributed by atoms with Crippen molar-refractivity contribution >= 4 is 23.0 Å². The number of para-hydroxylation sites is 2. The van der Waals surface area contributed by atoms with Crippen LogP contribution < -0.4 is 10.2 Å². The SMILES string of the molecule is CCOc1ccccc1/C=N/NC(=O)c1cc2ccccc2n1C. The van der Waals surface area contributed by atoms with Gasteiger partial charge in [0.2, 0.25) is 0 Å². The number of aromatic nitrogens is 1. The van der Waals surface area contributed by atoms with Crippen LogP contribution in [0.5, 0.6) is 5.75 Å². The van der Waals surface area contributed by atoms with Crippen molar-refractivity contribution in [3.8, 4) is 5.75 Å². The number of fused-ring (bicyclic) bond motifs is 1. The fourth-order valence-electron chi connectivity index (χ4n) is 2.60. The lowest BCUT2D eigenvalue weighted by Crippen LogP contribution is -2.20. The normalized spacial score (nSPS) is 11.1. The summed E-state index contributed by atoms with van der Waals surface area (Å²) in [6.07, 6.45) is 1.59. The first kappa shape index (κ1) is 15.8. The van der Waals surface area contributed by atoms with Gasteiger partial charge in [0.05, 0.1) is 12.8 Å². The van der Waals surface area contributed by atoms with Gasteiger partial charge in [-0.05, 0) is 31.2 Å².